The minimum atomic E-state index is -0.502. The van der Waals surface area contributed by atoms with E-state index in [1.807, 2.05) is 30.3 Å². The Balaban J connectivity index is 2.24. The van der Waals surface area contributed by atoms with Gasteiger partial charge in [0, 0.05) is 11.8 Å². The third-order valence-electron chi connectivity index (χ3n) is 2.45. The van der Waals surface area contributed by atoms with Crippen LogP contribution in [0.15, 0.2) is 35.7 Å². The molecule has 0 radical (unpaired) electrons. The quantitative estimate of drug-likeness (QED) is 0.850. The van der Waals surface area contributed by atoms with Crippen LogP contribution in [0.25, 0.3) is 0 Å². The molecule has 2 aromatic rings. The fourth-order valence-corrected chi connectivity index (χ4v) is 2.49. The SMILES string of the molecule is COC(=O)c1csc(Cc2ccccc2)c1O. The molecule has 0 unspecified atom stereocenters. The average Bonchev–Trinajstić information content (AvgIpc) is 2.72. The van der Waals surface area contributed by atoms with Gasteiger partial charge < -0.3 is 9.84 Å². The van der Waals surface area contributed by atoms with Crippen molar-refractivity contribution in [2.75, 3.05) is 7.11 Å². The summed E-state index contributed by atoms with van der Waals surface area (Å²) in [4.78, 5) is 12.1. The van der Waals surface area contributed by atoms with Gasteiger partial charge in [-0.2, -0.15) is 0 Å². The Labute approximate surface area is 103 Å². The summed E-state index contributed by atoms with van der Waals surface area (Å²) < 4.78 is 4.59. The molecule has 1 N–H and O–H groups in total. The molecule has 0 aliphatic carbocycles. The second kappa shape index (κ2) is 5.01. The summed E-state index contributed by atoms with van der Waals surface area (Å²) in [6.07, 6.45) is 0.619. The molecule has 0 fully saturated rings. The number of aromatic hydroxyl groups is 1. The Morgan fingerprint density at radius 2 is 2.06 bits per heavy atom. The largest absolute Gasteiger partial charge is 0.506 e. The van der Waals surface area contributed by atoms with Crippen molar-refractivity contribution in [2.45, 2.75) is 6.42 Å². The van der Waals surface area contributed by atoms with Crippen molar-refractivity contribution in [1.29, 1.82) is 0 Å². The van der Waals surface area contributed by atoms with Gasteiger partial charge in [-0.25, -0.2) is 4.79 Å². The molecule has 0 spiro atoms. The van der Waals surface area contributed by atoms with Crippen LogP contribution in [-0.4, -0.2) is 18.2 Å². The lowest BCUT2D eigenvalue weighted by Gasteiger charge is -2.00. The molecule has 0 aliphatic rings. The number of rotatable bonds is 3. The summed E-state index contributed by atoms with van der Waals surface area (Å²) in [7, 11) is 1.30. The van der Waals surface area contributed by atoms with E-state index < -0.39 is 5.97 Å². The van der Waals surface area contributed by atoms with Crippen LogP contribution >= 0.6 is 11.3 Å². The molecular formula is C13H12O3S. The second-order valence-electron chi connectivity index (χ2n) is 3.58. The molecule has 0 atom stereocenters. The molecule has 0 saturated heterocycles. The van der Waals surface area contributed by atoms with Crippen molar-refractivity contribution in [3.63, 3.8) is 0 Å². The molecule has 1 heterocycles. The number of thiophene rings is 1. The normalized spacial score (nSPS) is 10.2. The van der Waals surface area contributed by atoms with Gasteiger partial charge in [-0.3, -0.25) is 0 Å². The monoisotopic (exact) mass is 248 g/mol. The molecule has 2 rings (SSSR count). The van der Waals surface area contributed by atoms with E-state index in [4.69, 9.17) is 0 Å². The summed E-state index contributed by atoms with van der Waals surface area (Å²) in [6, 6.07) is 9.80. The first-order valence-corrected chi connectivity index (χ1v) is 6.02. The van der Waals surface area contributed by atoms with Crippen LogP contribution in [0, 0.1) is 0 Å². The van der Waals surface area contributed by atoms with Crippen molar-refractivity contribution in [2.24, 2.45) is 0 Å². The molecule has 4 heteroatoms. The highest BCUT2D eigenvalue weighted by molar-refractivity contribution is 7.10. The third-order valence-corrected chi connectivity index (χ3v) is 3.43. The van der Waals surface area contributed by atoms with E-state index in [9.17, 15) is 9.90 Å². The predicted molar refractivity (Wildman–Crippen MR) is 66.6 cm³/mol. The summed E-state index contributed by atoms with van der Waals surface area (Å²) in [5.74, 6) is -0.469. The highest BCUT2D eigenvalue weighted by Crippen LogP contribution is 2.31. The fraction of sp³-hybridized carbons (Fsp3) is 0.154. The minimum absolute atomic E-state index is 0.0331. The summed E-state index contributed by atoms with van der Waals surface area (Å²) in [6.45, 7) is 0. The van der Waals surface area contributed by atoms with Crippen molar-refractivity contribution < 1.29 is 14.6 Å². The number of benzene rings is 1. The van der Waals surface area contributed by atoms with Gasteiger partial charge in [0.05, 0.1) is 12.0 Å². The number of esters is 1. The van der Waals surface area contributed by atoms with Gasteiger partial charge in [0.2, 0.25) is 0 Å². The maximum Gasteiger partial charge on any atom is 0.342 e. The van der Waals surface area contributed by atoms with Crippen LogP contribution in [0.4, 0.5) is 0 Å². The number of hydrogen-bond acceptors (Lipinski definition) is 4. The predicted octanol–water partition coefficient (Wildman–Crippen LogP) is 2.83. The second-order valence-corrected chi connectivity index (χ2v) is 4.54. The fourth-order valence-electron chi connectivity index (χ4n) is 1.55. The minimum Gasteiger partial charge on any atom is -0.506 e. The van der Waals surface area contributed by atoms with Crippen LogP contribution in [0.2, 0.25) is 0 Å². The number of methoxy groups -OCH3 is 1. The zero-order chi connectivity index (χ0) is 12.3. The first-order valence-electron chi connectivity index (χ1n) is 5.14. The molecule has 0 saturated carbocycles. The highest BCUT2D eigenvalue weighted by Gasteiger charge is 2.17. The lowest BCUT2D eigenvalue weighted by atomic mass is 10.1. The Kier molecular flexibility index (Phi) is 3.44. The number of carbonyl (C=O) groups is 1. The van der Waals surface area contributed by atoms with Crippen LogP contribution in [0.3, 0.4) is 0 Å². The van der Waals surface area contributed by atoms with Gasteiger partial charge in [-0.1, -0.05) is 30.3 Å². The van der Waals surface area contributed by atoms with Gasteiger partial charge in [0.1, 0.15) is 11.3 Å². The molecular weight excluding hydrogens is 236 g/mol. The topological polar surface area (TPSA) is 46.5 Å². The molecule has 1 aromatic carbocycles. The standard InChI is InChI=1S/C13H12O3S/c1-16-13(15)10-8-17-11(12(10)14)7-9-5-3-2-4-6-9/h2-6,8,14H,7H2,1H3. The zero-order valence-electron chi connectivity index (χ0n) is 9.34. The average molecular weight is 248 g/mol. The van der Waals surface area contributed by atoms with E-state index in [1.165, 1.54) is 18.4 Å². The maximum atomic E-state index is 11.3. The molecule has 0 aliphatic heterocycles. The number of ether oxygens (including phenoxy) is 1. The maximum absolute atomic E-state index is 11.3. The van der Waals surface area contributed by atoms with E-state index in [-0.39, 0.29) is 11.3 Å². The molecule has 17 heavy (non-hydrogen) atoms. The van der Waals surface area contributed by atoms with Crippen LogP contribution in [0.1, 0.15) is 20.8 Å². The van der Waals surface area contributed by atoms with Crippen LogP contribution in [0.5, 0.6) is 5.75 Å². The van der Waals surface area contributed by atoms with Crippen molar-refractivity contribution in [1.82, 2.24) is 0 Å². The summed E-state index contributed by atoms with van der Waals surface area (Å²) >= 11 is 1.36. The van der Waals surface area contributed by atoms with Gasteiger partial charge >= 0.3 is 5.97 Å². The number of hydrogen-bond donors (Lipinski definition) is 1. The lowest BCUT2D eigenvalue weighted by Crippen LogP contribution is -1.99. The Hall–Kier alpha value is -1.81. The first-order chi connectivity index (χ1) is 8.22. The third kappa shape index (κ3) is 2.47. The molecule has 88 valence electrons. The van der Waals surface area contributed by atoms with Gasteiger partial charge in [0.25, 0.3) is 0 Å². The van der Waals surface area contributed by atoms with E-state index in [0.717, 1.165) is 10.4 Å². The van der Waals surface area contributed by atoms with Crippen LogP contribution in [-0.2, 0) is 11.2 Å². The van der Waals surface area contributed by atoms with Gasteiger partial charge in [0.15, 0.2) is 0 Å². The molecule has 0 bridgehead atoms. The van der Waals surface area contributed by atoms with Crippen molar-refractivity contribution in [3.05, 3.63) is 51.7 Å². The summed E-state index contributed by atoms with van der Waals surface area (Å²) in [5.41, 5.74) is 1.34. The van der Waals surface area contributed by atoms with Gasteiger partial charge in [-0.15, -0.1) is 11.3 Å². The van der Waals surface area contributed by atoms with Crippen molar-refractivity contribution in [3.8, 4) is 5.75 Å². The Morgan fingerprint density at radius 3 is 2.71 bits per heavy atom. The smallest absolute Gasteiger partial charge is 0.342 e. The highest BCUT2D eigenvalue weighted by atomic mass is 32.1. The Bertz CT molecular complexity index is 517. The van der Waals surface area contributed by atoms with E-state index in [0.29, 0.717) is 6.42 Å². The lowest BCUT2D eigenvalue weighted by molar-refractivity contribution is 0.0598. The van der Waals surface area contributed by atoms with E-state index in [2.05, 4.69) is 4.74 Å². The molecule has 0 amide bonds. The Morgan fingerprint density at radius 1 is 1.35 bits per heavy atom. The first kappa shape index (κ1) is 11.7. The molecule has 1 aromatic heterocycles. The van der Waals surface area contributed by atoms with Crippen LogP contribution < -0.4 is 0 Å². The van der Waals surface area contributed by atoms with E-state index >= 15 is 0 Å². The summed E-state index contributed by atoms with van der Waals surface area (Å²) in [5, 5.41) is 11.5. The van der Waals surface area contributed by atoms with Gasteiger partial charge in [-0.05, 0) is 5.56 Å². The zero-order valence-corrected chi connectivity index (χ0v) is 10.2. The van der Waals surface area contributed by atoms with Crippen molar-refractivity contribution >= 4 is 17.3 Å². The van der Waals surface area contributed by atoms with E-state index in [1.54, 1.807) is 5.38 Å². The molecule has 3 nitrogen and oxygen atoms in total. The number of carbonyl (C=O) groups excluding carboxylic acids is 1.